The first-order valence-electron chi connectivity index (χ1n) is 11.9. The Kier molecular flexibility index (Phi) is 6.72. The fraction of sp³-hybridized carbons (Fsp3) is 0.440. The molecule has 1 aliphatic heterocycles. The lowest BCUT2D eigenvalue weighted by atomic mass is 9.97. The normalized spacial score (nSPS) is 14.4. The number of hydrogen-bond acceptors (Lipinski definition) is 9. The second kappa shape index (κ2) is 10.1. The number of hydrazone groups is 1. The van der Waals surface area contributed by atoms with Gasteiger partial charge in [0.25, 0.3) is 0 Å². The van der Waals surface area contributed by atoms with Gasteiger partial charge in [0.1, 0.15) is 11.2 Å². The monoisotopic (exact) mass is 495 g/mol. The number of anilines is 1. The smallest absolute Gasteiger partial charge is 0.231 e. The van der Waals surface area contributed by atoms with E-state index in [1.807, 2.05) is 20.0 Å². The number of nitrogens with one attached hydrogen (secondary N) is 1. The summed E-state index contributed by atoms with van der Waals surface area (Å²) in [5.74, 6) is 2.56. The second-order valence-electron chi connectivity index (χ2n) is 8.62. The van der Waals surface area contributed by atoms with Gasteiger partial charge in [-0.2, -0.15) is 5.10 Å². The second-order valence-corrected chi connectivity index (χ2v) is 9.70. The van der Waals surface area contributed by atoms with Crippen LogP contribution in [-0.2, 0) is 24.1 Å². The summed E-state index contributed by atoms with van der Waals surface area (Å²) in [6, 6.07) is 1.94. The molecule has 0 unspecified atom stereocenters. The fourth-order valence-electron chi connectivity index (χ4n) is 4.64. The van der Waals surface area contributed by atoms with Crippen molar-refractivity contribution >= 4 is 39.5 Å². The predicted molar refractivity (Wildman–Crippen MR) is 136 cm³/mol. The van der Waals surface area contributed by atoms with Gasteiger partial charge in [0.2, 0.25) is 18.4 Å². The van der Waals surface area contributed by atoms with E-state index in [2.05, 4.69) is 20.5 Å². The third kappa shape index (κ3) is 4.50. The third-order valence-electron chi connectivity index (χ3n) is 6.51. The van der Waals surface area contributed by atoms with Gasteiger partial charge in [0.15, 0.2) is 17.3 Å². The van der Waals surface area contributed by atoms with Crippen LogP contribution in [0.3, 0.4) is 0 Å². The minimum atomic E-state index is 0.0986. The highest BCUT2D eigenvalue weighted by atomic mass is 32.1. The zero-order valence-corrected chi connectivity index (χ0v) is 21.0. The summed E-state index contributed by atoms with van der Waals surface area (Å²) in [6.07, 6.45) is 8.95. The van der Waals surface area contributed by atoms with Crippen molar-refractivity contribution in [3.63, 3.8) is 0 Å². The van der Waals surface area contributed by atoms with Crippen molar-refractivity contribution in [1.82, 2.24) is 14.9 Å². The molecule has 0 radical (unpaired) electrons. The largest absolute Gasteiger partial charge is 0.492 e. The van der Waals surface area contributed by atoms with Gasteiger partial charge < -0.3 is 19.1 Å². The van der Waals surface area contributed by atoms with Crippen LogP contribution < -0.4 is 19.6 Å². The van der Waals surface area contributed by atoms with Crippen LogP contribution in [0.5, 0.6) is 17.2 Å². The van der Waals surface area contributed by atoms with Crippen molar-refractivity contribution in [2.45, 2.75) is 45.4 Å². The summed E-state index contributed by atoms with van der Waals surface area (Å²) in [5.41, 5.74) is 6.22. The van der Waals surface area contributed by atoms with Gasteiger partial charge in [-0.3, -0.25) is 10.2 Å². The molecule has 1 amide bonds. The highest BCUT2D eigenvalue weighted by Crippen LogP contribution is 2.44. The van der Waals surface area contributed by atoms with Crippen LogP contribution in [-0.4, -0.2) is 54.5 Å². The third-order valence-corrected chi connectivity index (χ3v) is 7.71. The van der Waals surface area contributed by atoms with Crippen LogP contribution in [0.25, 0.3) is 10.2 Å². The Morgan fingerprint density at radius 1 is 1.31 bits per heavy atom. The summed E-state index contributed by atoms with van der Waals surface area (Å²) < 4.78 is 17.0. The molecule has 0 saturated carbocycles. The Labute approximate surface area is 208 Å². The Morgan fingerprint density at radius 3 is 3.00 bits per heavy atom. The van der Waals surface area contributed by atoms with Crippen molar-refractivity contribution in [2.24, 2.45) is 5.10 Å². The van der Waals surface area contributed by atoms with Gasteiger partial charge in [0.05, 0.1) is 18.7 Å². The lowest BCUT2D eigenvalue weighted by molar-refractivity contribution is -0.129. The van der Waals surface area contributed by atoms with Gasteiger partial charge in [-0.1, -0.05) is 6.92 Å². The van der Waals surface area contributed by atoms with E-state index in [1.165, 1.54) is 23.3 Å². The standard InChI is InChI=1S/C25H29N5O4S/c1-4-20(31)30(2)10-9-15-11-18-23(34-14-33-18)22(32-3)17(15)12-28-29-24-21-16-7-5-6-8-19(16)35-25(21)27-13-26-24/h11-13H,4-10,14H2,1-3H3,(H,26,27,29). The van der Waals surface area contributed by atoms with Gasteiger partial charge in [0, 0.05) is 30.5 Å². The van der Waals surface area contributed by atoms with E-state index in [0.29, 0.717) is 42.5 Å². The highest BCUT2D eigenvalue weighted by molar-refractivity contribution is 7.19. The lowest BCUT2D eigenvalue weighted by Gasteiger charge is -2.18. The number of ether oxygens (including phenoxy) is 3. The van der Waals surface area contributed by atoms with E-state index < -0.39 is 0 Å². The molecule has 3 aromatic rings. The molecule has 9 nitrogen and oxygen atoms in total. The van der Waals surface area contributed by atoms with Crippen LogP contribution in [0.1, 0.15) is 47.8 Å². The maximum absolute atomic E-state index is 12.1. The minimum Gasteiger partial charge on any atom is -0.492 e. The fourth-order valence-corrected chi connectivity index (χ4v) is 5.87. The first kappa shape index (κ1) is 23.3. The number of benzene rings is 1. The van der Waals surface area contributed by atoms with Crippen LogP contribution >= 0.6 is 11.3 Å². The van der Waals surface area contributed by atoms with Gasteiger partial charge in [-0.05, 0) is 49.3 Å². The quantitative estimate of drug-likeness (QED) is 0.370. The summed E-state index contributed by atoms with van der Waals surface area (Å²) in [5, 5.41) is 5.62. The molecule has 35 heavy (non-hydrogen) atoms. The summed E-state index contributed by atoms with van der Waals surface area (Å²) >= 11 is 1.75. The molecule has 2 aromatic heterocycles. The molecular formula is C25H29N5O4S. The number of carbonyl (C=O) groups excluding carboxylic acids is 1. The van der Waals surface area contributed by atoms with Crippen molar-refractivity contribution in [1.29, 1.82) is 0 Å². The molecule has 0 bridgehead atoms. The first-order chi connectivity index (χ1) is 17.1. The number of aryl methyl sites for hydroxylation is 2. The molecule has 10 heteroatoms. The molecule has 0 saturated heterocycles. The SMILES string of the molecule is CCC(=O)N(C)CCc1cc2c(c(OC)c1C=NNc1ncnc3sc4c(c13)CCCC4)OCO2. The van der Waals surface area contributed by atoms with Crippen LogP contribution in [0.4, 0.5) is 5.82 Å². The van der Waals surface area contributed by atoms with E-state index in [0.717, 1.165) is 34.2 Å². The number of aromatic nitrogens is 2. The zero-order chi connectivity index (χ0) is 24.4. The molecule has 5 rings (SSSR count). The van der Waals surface area contributed by atoms with E-state index in [-0.39, 0.29) is 12.7 Å². The zero-order valence-electron chi connectivity index (χ0n) is 20.2. The number of amides is 1. The molecule has 1 aromatic carbocycles. The Balaban J connectivity index is 1.46. The maximum atomic E-state index is 12.1. The Hall–Kier alpha value is -3.40. The van der Waals surface area contributed by atoms with E-state index in [1.54, 1.807) is 35.9 Å². The van der Waals surface area contributed by atoms with Crippen LogP contribution in [0.2, 0.25) is 0 Å². The lowest BCUT2D eigenvalue weighted by Crippen LogP contribution is -2.28. The average molecular weight is 496 g/mol. The molecule has 1 N–H and O–H groups in total. The summed E-state index contributed by atoms with van der Waals surface area (Å²) in [7, 11) is 3.41. The number of fused-ring (bicyclic) bond motifs is 4. The molecular weight excluding hydrogens is 466 g/mol. The number of carbonyl (C=O) groups is 1. The molecule has 184 valence electrons. The predicted octanol–water partition coefficient (Wildman–Crippen LogP) is 4.16. The number of likely N-dealkylation sites (N-methyl/N-ethyl adjacent to an activating group) is 1. The molecule has 0 atom stereocenters. The molecule has 2 aliphatic rings. The summed E-state index contributed by atoms with van der Waals surface area (Å²) in [4.78, 5) is 25.2. The molecule has 1 aliphatic carbocycles. The molecule has 0 spiro atoms. The van der Waals surface area contributed by atoms with Crippen molar-refractivity contribution in [3.05, 3.63) is 34.0 Å². The van der Waals surface area contributed by atoms with E-state index in [9.17, 15) is 4.79 Å². The van der Waals surface area contributed by atoms with Crippen LogP contribution in [0.15, 0.2) is 17.5 Å². The molecule has 0 fully saturated rings. The number of hydrogen-bond donors (Lipinski definition) is 1. The average Bonchev–Trinajstić information content (AvgIpc) is 3.51. The van der Waals surface area contributed by atoms with E-state index in [4.69, 9.17) is 14.2 Å². The van der Waals surface area contributed by atoms with Gasteiger partial charge in [-0.25, -0.2) is 9.97 Å². The van der Waals surface area contributed by atoms with Gasteiger partial charge in [-0.15, -0.1) is 11.3 Å². The van der Waals surface area contributed by atoms with Crippen LogP contribution in [0, 0.1) is 0 Å². The highest BCUT2D eigenvalue weighted by Gasteiger charge is 2.25. The van der Waals surface area contributed by atoms with E-state index >= 15 is 0 Å². The number of rotatable bonds is 8. The first-order valence-corrected chi connectivity index (χ1v) is 12.7. The van der Waals surface area contributed by atoms with Gasteiger partial charge >= 0.3 is 0 Å². The topological polar surface area (TPSA) is 98.2 Å². The molecule has 3 heterocycles. The minimum absolute atomic E-state index is 0.0986. The number of thiophene rings is 1. The van der Waals surface area contributed by atoms with Crippen molar-refractivity contribution < 1.29 is 19.0 Å². The number of nitrogens with zero attached hydrogens (tertiary/aromatic N) is 4. The van der Waals surface area contributed by atoms with Crippen molar-refractivity contribution in [2.75, 3.05) is 32.9 Å². The Morgan fingerprint density at radius 2 is 2.17 bits per heavy atom. The maximum Gasteiger partial charge on any atom is 0.231 e. The number of methoxy groups -OCH3 is 1. The summed E-state index contributed by atoms with van der Waals surface area (Å²) in [6.45, 7) is 2.57. The Bertz CT molecular complexity index is 1290. The van der Waals surface area contributed by atoms with Crippen molar-refractivity contribution in [3.8, 4) is 17.2 Å².